The standard InChI is InChI=1S/C30H42N4O5/c1-7-20-10-21(16-34(6)15-18(3)4)12-24(11-20)30-32-29(33-39-30)23-9-19(5)27(22(8-2)13-23)38-17-25(35)14-26(36)28(31)37/h9-13,18,25-26,35-36H,7-8,14-17H2,1-6H3,(H2,31,37)/t25-,26?/m0/s1. The molecule has 0 saturated heterocycles. The molecule has 3 aromatic rings. The number of carbonyl (C=O) groups is 1. The van der Waals surface area contributed by atoms with Crippen molar-refractivity contribution in [3.05, 3.63) is 52.6 Å². The molecule has 1 unspecified atom stereocenters. The maximum Gasteiger partial charge on any atom is 0.258 e. The third-order valence-electron chi connectivity index (χ3n) is 6.50. The molecule has 0 bridgehead atoms. The highest BCUT2D eigenvalue weighted by Gasteiger charge is 2.20. The number of nitrogens with two attached hydrogens (primary N) is 1. The molecule has 212 valence electrons. The molecule has 0 saturated carbocycles. The SMILES string of the molecule is CCc1cc(CN(C)CC(C)C)cc(-c2nc(-c3cc(C)c(OC[C@@H](O)CC(O)C(N)=O)c(CC)c3)no2)c1. The average Bonchev–Trinajstić information content (AvgIpc) is 3.37. The number of benzene rings is 2. The van der Waals surface area contributed by atoms with Gasteiger partial charge in [0.15, 0.2) is 0 Å². The molecule has 0 fully saturated rings. The summed E-state index contributed by atoms with van der Waals surface area (Å²) in [5.74, 6) is 1.32. The van der Waals surface area contributed by atoms with E-state index >= 15 is 0 Å². The predicted molar refractivity (Wildman–Crippen MR) is 151 cm³/mol. The van der Waals surface area contributed by atoms with Crippen molar-refractivity contribution < 1.29 is 24.3 Å². The van der Waals surface area contributed by atoms with Crippen LogP contribution in [0.25, 0.3) is 22.8 Å². The van der Waals surface area contributed by atoms with Crippen LogP contribution < -0.4 is 10.5 Å². The van der Waals surface area contributed by atoms with Crippen molar-refractivity contribution in [2.75, 3.05) is 20.2 Å². The van der Waals surface area contributed by atoms with Gasteiger partial charge in [0.2, 0.25) is 11.7 Å². The summed E-state index contributed by atoms with van der Waals surface area (Å²) in [5, 5.41) is 24.0. The zero-order valence-electron chi connectivity index (χ0n) is 23.9. The zero-order chi connectivity index (χ0) is 28.7. The number of amides is 1. The topological polar surface area (TPSA) is 135 Å². The van der Waals surface area contributed by atoms with Crippen molar-refractivity contribution in [2.24, 2.45) is 11.7 Å². The van der Waals surface area contributed by atoms with E-state index < -0.39 is 18.1 Å². The molecule has 0 aliphatic heterocycles. The Balaban J connectivity index is 1.82. The molecule has 2 aromatic carbocycles. The number of hydrogen-bond acceptors (Lipinski definition) is 8. The number of primary amides is 1. The number of aromatic nitrogens is 2. The minimum Gasteiger partial charge on any atom is -0.490 e. The molecular weight excluding hydrogens is 496 g/mol. The molecule has 0 spiro atoms. The molecule has 1 heterocycles. The van der Waals surface area contributed by atoms with Gasteiger partial charge in [-0.2, -0.15) is 4.98 Å². The fraction of sp³-hybridized carbons (Fsp3) is 0.500. The first-order chi connectivity index (χ1) is 18.5. The number of hydrogen-bond donors (Lipinski definition) is 3. The zero-order valence-corrected chi connectivity index (χ0v) is 23.9. The molecule has 0 radical (unpaired) electrons. The van der Waals surface area contributed by atoms with E-state index in [1.165, 1.54) is 11.1 Å². The van der Waals surface area contributed by atoms with Crippen molar-refractivity contribution in [3.8, 4) is 28.6 Å². The third kappa shape index (κ3) is 8.36. The minimum absolute atomic E-state index is 0.0770. The quantitative estimate of drug-likeness (QED) is 0.281. The number of nitrogens with zero attached hydrogens (tertiary/aromatic N) is 3. The summed E-state index contributed by atoms with van der Waals surface area (Å²) < 4.78 is 11.6. The van der Waals surface area contributed by atoms with Crippen LogP contribution in [0.4, 0.5) is 0 Å². The largest absolute Gasteiger partial charge is 0.490 e. The van der Waals surface area contributed by atoms with Crippen LogP contribution in [0.3, 0.4) is 0 Å². The lowest BCUT2D eigenvalue weighted by molar-refractivity contribution is -0.127. The summed E-state index contributed by atoms with van der Waals surface area (Å²) in [7, 11) is 2.13. The van der Waals surface area contributed by atoms with E-state index in [9.17, 15) is 15.0 Å². The van der Waals surface area contributed by atoms with Gasteiger partial charge in [0.05, 0.1) is 6.10 Å². The number of aliphatic hydroxyl groups is 2. The van der Waals surface area contributed by atoms with Crippen LogP contribution in [-0.4, -0.2) is 63.6 Å². The van der Waals surface area contributed by atoms with Crippen LogP contribution in [0.1, 0.15) is 56.4 Å². The number of rotatable bonds is 14. The molecule has 0 aliphatic rings. The third-order valence-corrected chi connectivity index (χ3v) is 6.50. The minimum atomic E-state index is -1.42. The summed E-state index contributed by atoms with van der Waals surface area (Å²) >= 11 is 0. The lowest BCUT2D eigenvalue weighted by atomic mass is 10.0. The molecule has 1 amide bonds. The maximum absolute atomic E-state index is 11.1. The smallest absolute Gasteiger partial charge is 0.258 e. The maximum atomic E-state index is 11.1. The van der Waals surface area contributed by atoms with Crippen molar-refractivity contribution in [1.82, 2.24) is 15.0 Å². The number of aliphatic hydroxyl groups excluding tert-OH is 2. The second-order valence-electron chi connectivity index (χ2n) is 10.7. The Bertz CT molecular complexity index is 1260. The van der Waals surface area contributed by atoms with Crippen molar-refractivity contribution in [3.63, 3.8) is 0 Å². The first kappa shape index (κ1) is 30.3. The van der Waals surface area contributed by atoms with Gasteiger partial charge >= 0.3 is 0 Å². The van der Waals surface area contributed by atoms with Crippen molar-refractivity contribution >= 4 is 5.91 Å². The molecule has 4 N–H and O–H groups in total. The Hall–Kier alpha value is -3.27. The molecular formula is C30H42N4O5. The first-order valence-electron chi connectivity index (χ1n) is 13.6. The Morgan fingerprint density at radius 2 is 1.79 bits per heavy atom. The van der Waals surface area contributed by atoms with Crippen molar-refractivity contribution in [2.45, 2.75) is 72.6 Å². The summed E-state index contributed by atoms with van der Waals surface area (Å²) in [6.07, 6.45) is -1.05. The molecule has 1 aromatic heterocycles. The van der Waals surface area contributed by atoms with Crippen LogP contribution in [-0.2, 0) is 24.2 Å². The Morgan fingerprint density at radius 1 is 1.08 bits per heavy atom. The van der Waals surface area contributed by atoms with E-state index in [1.807, 2.05) is 26.0 Å². The van der Waals surface area contributed by atoms with E-state index in [2.05, 4.69) is 56.1 Å². The summed E-state index contributed by atoms with van der Waals surface area (Å²) in [4.78, 5) is 18.1. The van der Waals surface area contributed by atoms with Crippen LogP contribution in [0.5, 0.6) is 5.75 Å². The number of aryl methyl sites for hydroxylation is 3. The Kier molecular flexibility index (Phi) is 10.6. The van der Waals surface area contributed by atoms with Crippen molar-refractivity contribution in [1.29, 1.82) is 0 Å². The highest BCUT2D eigenvalue weighted by molar-refractivity contribution is 5.78. The van der Waals surface area contributed by atoms with Crippen LogP contribution in [0.15, 0.2) is 34.9 Å². The lowest BCUT2D eigenvalue weighted by Gasteiger charge is -2.19. The van der Waals surface area contributed by atoms with E-state index in [1.54, 1.807) is 0 Å². The molecule has 9 heteroatoms. The van der Waals surface area contributed by atoms with Gasteiger partial charge in [-0.3, -0.25) is 4.79 Å². The van der Waals surface area contributed by atoms with Gasteiger partial charge in [-0.15, -0.1) is 0 Å². The van der Waals surface area contributed by atoms with Crippen LogP contribution >= 0.6 is 0 Å². The second-order valence-corrected chi connectivity index (χ2v) is 10.7. The lowest BCUT2D eigenvalue weighted by Crippen LogP contribution is -2.33. The van der Waals surface area contributed by atoms with E-state index in [-0.39, 0.29) is 13.0 Å². The van der Waals surface area contributed by atoms with Gasteiger partial charge in [-0.25, -0.2) is 0 Å². The van der Waals surface area contributed by atoms with Gasteiger partial charge in [-0.1, -0.05) is 38.9 Å². The normalized spacial score (nSPS) is 13.2. The Labute approximate surface area is 231 Å². The van der Waals surface area contributed by atoms with Gasteiger partial charge in [0.1, 0.15) is 18.5 Å². The second kappa shape index (κ2) is 13.7. The van der Waals surface area contributed by atoms with Gasteiger partial charge in [0, 0.05) is 30.6 Å². The fourth-order valence-corrected chi connectivity index (χ4v) is 4.71. The van der Waals surface area contributed by atoms with E-state index in [0.717, 1.165) is 41.8 Å². The first-order valence-corrected chi connectivity index (χ1v) is 13.6. The molecule has 9 nitrogen and oxygen atoms in total. The monoisotopic (exact) mass is 538 g/mol. The molecule has 3 rings (SSSR count). The fourth-order valence-electron chi connectivity index (χ4n) is 4.71. The highest BCUT2D eigenvalue weighted by Crippen LogP contribution is 2.32. The molecule has 2 atom stereocenters. The average molecular weight is 539 g/mol. The predicted octanol–water partition coefficient (Wildman–Crippen LogP) is 3.90. The highest BCUT2D eigenvalue weighted by atomic mass is 16.5. The van der Waals surface area contributed by atoms with E-state index in [0.29, 0.717) is 29.8 Å². The number of carbonyl (C=O) groups excluding carboxylic acids is 1. The van der Waals surface area contributed by atoms with Crippen LogP contribution in [0, 0.1) is 12.8 Å². The Morgan fingerprint density at radius 3 is 2.44 bits per heavy atom. The van der Waals surface area contributed by atoms with Crippen LogP contribution in [0.2, 0.25) is 0 Å². The molecule has 39 heavy (non-hydrogen) atoms. The van der Waals surface area contributed by atoms with Gasteiger partial charge in [-0.05, 0) is 79.3 Å². The molecule has 0 aliphatic carbocycles. The van der Waals surface area contributed by atoms with Gasteiger partial charge in [0.25, 0.3) is 5.89 Å². The number of ether oxygens (including phenoxy) is 1. The van der Waals surface area contributed by atoms with E-state index in [4.69, 9.17) is 20.0 Å². The van der Waals surface area contributed by atoms with Gasteiger partial charge < -0.3 is 30.1 Å². The summed E-state index contributed by atoms with van der Waals surface area (Å²) in [6.45, 7) is 12.3. The summed E-state index contributed by atoms with van der Waals surface area (Å²) in [5.41, 5.74) is 11.0. The summed E-state index contributed by atoms with van der Waals surface area (Å²) in [6, 6.07) is 10.3.